The van der Waals surface area contributed by atoms with Gasteiger partial charge in [-0.05, 0) is 56.2 Å². The lowest BCUT2D eigenvalue weighted by molar-refractivity contribution is -0.149. The topological polar surface area (TPSA) is 118 Å². The predicted molar refractivity (Wildman–Crippen MR) is 87.7 cm³/mol. The lowest BCUT2D eigenvalue weighted by Gasteiger charge is -2.30. The predicted octanol–water partition coefficient (Wildman–Crippen LogP) is 1.09. The normalized spacial score (nSPS) is 19.5. The molecule has 0 aromatic heterocycles. The van der Waals surface area contributed by atoms with Gasteiger partial charge in [-0.3, -0.25) is 4.79 Å². The van der Waals surface area contributed by atoms with Crippen molar-refractivity contribution in [2.24, 2.45) is 11.5 Å². The van der Waals surface area contributed by atoms with Crippen molar-refractivity contribution in [3.8, 4) is 0 Å². The number of hydrogen-bond acceptors (Lipinski definition) is 4. The van der Waals surface area contributed by atoms with Crippen LogP contribution in [0.15, 0.2) is 24.3 Å². The van der Waals surface area contributed by atoms with E-state index in [0.29, 0.717) is 19.4 Å². The van der Waals surface area contributed by atoms with E-state index in [4.69, 9.17) is 11.5 Å². The van der Waals surface area contributed by atoms with Gasteiger partial charge in [0.1, 0.15) is 0 Å². The molecule has 0 saturated heterocycles. The summed E-state index contributed by atoms with van der Waals surface area (Å²) in [6.07, 6.45) is 3.96. The Bertz CT molecular complexity index is 576. The van der Waals surface area contributed by atoms with E-state index in [-0.39, 0.29) is 12.5 Å². The van der Waals surface area contributed by atoms with Gasteiger partial charge in [-0.2, -0.15) is 0 Å². The SMILES string of the molecule is NCCCCC(N)(C(=O)O)C(=O)NC1CCCc2ccccc21. The molecule has 0 spiro atoms. The number of benzene rings is 1. The van der Waals surface area contributed by atoms with Crippen LogP contribution in [0, 0.1) is 0 Å². The van der Waals surface area contributed by atoms with E-state index in [9.17, 15) is 14.7 Å². The summed E-state index contributed by atoms with van der Waals surface area (Å²) in [4.78, 5) is 24.1. The van der Waals surface area contributed by atoms with Crippen molar-refractivity contribution in [3.63, 3.8) is 0 Å². The molecule has 0 heterocycles. The van der Waals surface area contributed by atoms with Crippen molar-refractivity contribution in [3.05, 3.63) is 35.4 Å². The number of nitrogens with two attached hydrogens (primary N) is 2. The van der Waals surface area contributed by atoms with Crippen molar-refractivity contribution < 1.29 is 14.7 Å². The summed E-state index contributed by atoms with van der Waals surface area (Å²) in [7, 11) is 0. The molecule has 0 bridgehead atoms. The first-order valence-electron chi connectivity index (χ1n) is 8.10. The molecule has 23 heavy (non-hydrogen) atoms. The summed E-state index contributed by atoms with van der Waals surface area (Å²) < 4.78 is 0. The van der Waals surface area contributed by atoms with Gasteiger partial charge in [0.05, 0.1) is 6.04 Å². The number of carbonyl (C=O) groups is 2. The summed E-state index contributed by atoms with van der Waals surface area (Å²) in [6.45, 7) is 0.452. The smallest absolute Gasteiger partial charge is 0.333 e. The first-order chi connectivity index (χ1) is 11.0. The summed E-state index contributed by atoms with van der Waals surface area (Å²) in [6, 6.07) is 7.75. The Hall–Kier alpha value is -1.92. The van der Waals surface area contributed by atoms with E-state index >= 15 is 0 Å². The largest absolute Gasteiger partial charge is 0.479 e. The fraction of sp³-hybridized carbons (Fsp3) is 0.529. The summed E-state index contributed by atoms with van der Waals surface area (Å²) in [5.41, 5.74) is 11.7. The van der Waals surface area contributed by atoms with Crippen molar-refractivity contribution in [1.29, 1.82) is 0 Å². The molecule has 0 saturated carbocycles. The minimum atomic E-state index is -1.90. The van der Waals surface area contributed by atoms with Gasteiger partial charge in [0, 0.05) is 0 Å². The Balaban J connectivity index is 2.12. The number of nitrogens with one attached hydrogen (secondary N) is 1. The maximum absolute atomic E-state index is 12.5. The molecule has 0 aliphatic heterocycles. The number of carboxylic acids is 1. The highest BCUT2D eigenvalue weighted by Gasteiger charge is 2.42. The summed E-state index contributed by atoms with van der Waals surface area (Å²) in [5.74, 6) is -1.92. The molecule has 6 N–H and O–H groups in total. The van der Waals surface area contributed by atoms with Crippen molar-refractivity contribution in [1.82, 2.24) is 5.32 Å². The van der Waals surface area contributed by atoms with Gasteiger partial charge in [0.15, 0.2) is 5.54 Å². The van der Waals surface area contributed by atoms with E-state index in [2.05, 4.69) is 5.32 Å². The number of rotatable bonds is 7. The van der Waals surface area contributed by atoms with Crippen LogP contribution < -0.4 is 16.8 Å². The molecule has 0 radical (unpaired) electrons. The van der Waals surface area contributed by atoms with E-state index < -0.39 is 17.4 Å². The van der Waals surface area contributed by atoms with Crippen LogP contribution in [0.3, 0.4) is 0 Å². The van der Waals surface area contributed by atoms with Crippen molar-refractivity contribution >= 4 is 11.9 Å². The zero-order valence-electron chi connectivity index (χ0n) is 13.3. The molecule has 6 heteroatoms. The molecule has 1 aromatic carbocycles. The van der Waals surface area contributed by atoms with Crippen LogP contribution >= 0.6 is 0 Å². The second-order valence-corrected chi connectivity index (χ2v) is 6.14. The number of fused-ring (bicyclic) bond motifs is 1. The number of aliphatic carboxylic acids is 1. The number of carbonyl (C=O) groups excluding carboxylic acids is 1. The quantitative estimate of drug-likeness (QED) is 0.443. The molecule has 1 amide bonds. The van der Waals surface area contributed by atoms with Crippen LogP contribution in [0.25, 0.3) is 0 Å². The average molecular weight is 319 g/mol. The van der Waals surface area contributed by atoms with Gasteiger partial charge >= 0.3 is 5.97 Å². The van der Waals surface area contributed by atoms with Crippen molar-refractivity contribution in [2.75, 3.05) is 6.54 Å². The molecule has 2 atom stereocenters. The monoisotopic (exact) mass is 319 g/mol. The van der Waals surface area contributed by atoms with Crippen LogP contribution in [-0.2, 0) is 16.0 Å². The van der Waals surface area contributed by atoms with Gasteiger partial charge in [0.25, 0.3) is 5.91 Å². The maximum atomic E-state index is 12.5. The van der Waals surface area contributed by atoms with Crippen LogP contribution in [0.2, 0.25) is 0 Å². The number of aryl methyl sites for hydroxylation is 1. The van der Waals surface area contributed by atoms with Gasteiger partial charge in [-0.1, -0.05) is 24.3 Å². The Kier molecular flexibility index (Phi) is 5.74. The average Bonchev–Trinajstić information content (AvgIpc) is 2.55. The van der Waals surface area contributed by atoms with Gasteiger partial charge in [0.2, 0.25) is 0 Å². The van der Waals surface area contributed by atoms with E-state index in [1.54, 1.807) is 0 Å². The zero-order valence-corrected chi connectivity index (χ0v) is 13.3. The molecular weight excluding hydrogens is 294 g/mol. The van der Waals surface area contributed by atoms with Crippen LogP contribution in [0.4, 0.5) is 0 Å². The maximum Gasteiger partial charge on any atom is 0.333 e. The third kappa shape index (κ3) is 3.89. The lowest BCUT2D eigenvalue weighted by atomic mass is 9.86. The first-order valence-corrected chi connectivity index (χ1v) is 8.10. The van der Waals surface area contributed by atoms with Crippen LogP contribution in [0.5, 0.6) is 0 Å². The number of carboxylic acid groups (broad SMARTS) is 1. The number of amides is 1. The standard InChI is InChI=1S/C17H25N3O3/c18-11-4-3-10-17(19,16(22)23)15(21)20-14-9-5-7-12-6-1-2-8-13(12)14/h1-2,6,8,14H,3-5,7,9-11,18-19H2,(H,20,21)(H,22,23). The molecule has 1 aliphatic rings. The van der Waals surface area contributed by atoms with Crippen molar-refractivity contribution in [2.45, 2.75) is 50.1 Å². The fourth-order valence-electron chi connectivity index (χ4n) is 3.06. The highest BCUT2D eigenvalue weighted by atomic mass is 16.4. The Labute approximate surface area is 136 Å². The summed E-state index contributed by atoms with van der Waals surface area (Å²) >= 11 is 0. The van der Waals surface area contributed by atoms with E-state index in [1.807, 2.05) is 24.3 Å². The van der Waals surface area contributed by atoms with Crippen LogP contribution in [-0.4, -0.2) is 29.1 Å². The number of hydrogen-bond donors (Lipinski definition) is 4. The molecule has 1 aromatic rings. The molecular formula is C17H25N3O3. The molecule has 0 fully saturated rings. The van der Waals surface area contributed by atoms with Gasteiger partial charge < -0.3 is 21.9 Å². The molecule has 2 rings (SSSR count). The van der Waals surface area contributed by atoms with Gasteiger partial charge in [-0.15, -0.1) is 0 Å². The Morgan fingerprint density at radius 2 is 2.04 bits per heavy atom. The third-order valence-corrected chi connectivity index (χ3v) is 4.49. The lowest BCUT2D eigenvalue weighted by Crippen LogP contribution is -2.60. The third-order valence-electron chi connectivity index (χ3n) is 4.49. The van der Waals surface area contributed by atoms with E-state index in [0.717, 1.165) is 24.8 Å². The minimum Gasteiger partial charge on any atom is -0.479 e. The van der Waals surface area contributed by atoms with E-state index in [1.165, 1.54) is 5.56 Å². The Morgan fingerprint density at radius 3 is 2.74 bits per heavy atom. The molecule has 2 unspecified atom stereocenters. The first kappa shape index (κ1) is 17.4. The van der Waals surface area contributed by atoms with Gasteiger partial charge in [-0.25, -0.2) is 4.79 Å². The fourth-order valence-corrected chi connectivity index (χ4v) is 3.06. The summed E-state index contributed by atoms with van der Waals surface area (Å²) in [5, 5.41) is 12.3. The number of unbranched alkanes of at least 4 members (excludes halogenated alkanes) is 1. The molecule has 6 nitrogen and oxygen atoms in total. The van der Waals surface area contributed by atoms with Crippen LogP contribution in [0.1, 0.15) is 49.3 Å². The zero-order chi connectivity index (χ0) is 16.9. The molecule has 126 valence electrons. The molecule has 1 aliphatic carbocycles. The highest BCUT2D eigenvalue weighted by molar-refractivity contribution is 6.06. The second-order valence-electron chi connectivity index (χ2n) is 6.14. The highest BCUT2D eigenvalue weighted by Crippen LogP contribution is 2.30. The minimum absolute atomic E-state index is 0.0831. The second kappa shape index (κ2) is 7.57. The Morgan fingerprint density at radius 1 is 1.30 bits per heavy atom.